The summed E-state index contributed by atoms with van der Waals surface area (Å²) >= 11 is 0. The fourth-order valence-corrected chi connectivity index (χ4v) is 3.98. The summed E-state index contributed by atoms with van der Waals surface area (Å²) in [4.78, 5) is 25.3. The Bertz CT molecular complexity index is 920. The smallest absolute Gasteiger partial charge is 0.416 e. The highest BCUT2D eigenvalue weighted by Crippen LogP contribution is 2.33. The molecule has 1 aromatic carbocycles. The molecule has 0 saturated heterocycles. The maximum Gasteiger partial charge on any atom is 0.416 e. The van der Waals surface area contributed by atoms with Crippen molar-refractivity contribution in [3.63, 3.8) is 0 Å². The Balaban J connectivity index is 1.72. The first-order valence-corrected chi connectivity index (χ1v) is 10.7. The summed E-state index contributed by atoms with van der Waals surface area (Å²) in [5.74, 6) is -0.673. The molecule has 1 heterocycles. The van der Waals surface area contributed by atoms with Gasteiger partial charge in [0.2, 0.25) is 5.91 Å². The van der Waals surface area contributed by atoms with Gasteiger partial charge in [0.25, 0.3) is 5.91 Å². The predicted molar refractivity (Wildman–Crippen MR) is 112 cm³/mol. The number of hydrogen-bond donors (Lipinski definition) is 3. The third-order valence-electron chi connectivity index (χ3n) is 5.63. The number of benzene rings is 1. The molecule has 2 amide bonds. The van der Waals surface area contributed by atoms with Gasteiger partial charge in [0.1, 0.15) is 11.8 Å². The van der Waals surface area contributed by atoms with Crippen molar-refractivity contribution in [2.75, 3.05) is 13.2 Å². The summed E-state index contributed by atoms with van der Waals surface area (Å²) in [6.45, 7) is -0.134. The van der Waals surface area contributed by atoms with Gasteiger partial charge in [-0.3, -0.25) is 9.59 Å². The van der Waals surface area contributed by atoms with E-state index in [9.17, 15) is 22.8 Å². The number of carbonyl (C=O) groups is 2. The van der Waals surface area contributed by atoms with Gasteiger partial charge in [-0.25, -0.2) is 0 Å². The molecule has 0 aliphatic heterocycles. The molecule has 9 heteroatoms. The first-order chi connectivity index (χ1) is 15.3. The average Bonchev–Trinajstić information content (AvgIpc) is 3.28. The number of aliphatic hydroxyl groups is 1. The lowest BCUT2D eigenvalue weighted by Gasteiger charge is -2.26. The molecule has 32 heavy (non-hydrogen) atoms. The lowest BCUT2D eigenvalue weighted by Crippen LogP contribution is -2.48. The zero-order chi connectivity index (χ0) is 23.1. The highest BCUT2D eigenvalue weighted by atomic mass is 19.4. The number of carbonyl (C=O) groups excluding carboxylic acids is 2. The van der Waals surface area contributed by atoms with E-state index >= 15 is 0 Å². The van der Waals surface area contributed by atoms with Crippen LogP contribution in [0.3, 0.4) is 0 Å². The van der Waals surface area contributed by atoms with E-state index in [1.165, 1.54) is 24.3 Å². The van der Waals surface area contributed by atoms with Crippen molar-refractivity contribution in [1.82, 2.24) is 10.6 Å². The highest BCUT2D eigenvalue weighted by Gasteiger charge is 2.31. The molecule has 0 radical (unpaired) electrons. The lowest BCUT2D eigenvalue weighted by atomic mass is 9.84. The Morgan fingerprint density at radius 3 is 2.56 bits per heavy atom. The van der Waals surface area contributed by atoms with E-state index in [0.29, 0.717) is 12.3 Å². The van der Waals surface area contributed by atoms with Gasteiger partial charge in [-0.05, 0) is 36.6 Å². The van der Waals surface area contributed by atoms with Crippen LogP contribution in [0.2, 0.25) is 0 Å². The molecule has 1 aliphatic carbocycles. The Labute approximate surface area is 184 Å². The van der Waals surface area contributed by atoms with Gasteiger partial charge >= 0.3 is 6.18 Å². The minimum atomic E-state index is -4.49. The van der Waals surface area contributed by atoms with Gasteiger partial charge in [-0.2, -0.15) is 13.2 Å². The third-order valence-corrected chi connectivity index (χ3v) is 5.63. The SMILES string of the molecule is O=C(NC(CC1CCCCC1)C(=O)NCCO)c1ccc(-c2cccc(C(F)(F)F)c2)o1. The van der Waals surface area contributed by atoms with E-state index in [4.69, 9.17) is 9.52 Å². The monoisotopic (exact) mass is 452 g/mol. The van der Waals surface area contributed by atoms with Gasteiger partial charge < -0.3 is 20.2 Å². The zero-order valence-electron chi connectivity index (χ0n) is 17.6. The number of furan rings is 1. The fourth-order valence-electron chi connectivity index (χ4n) is 3.98. The maximum absolute atomic E-state index is 13.0. The number of alkyl halides is 3. The van der Waals surface area contributed by atoms with Crippen molar-refractivity contribution in [1.29, 1.82) is 0 Å². The van der Waals surface area contributed by atoms with E-state index in [-0.39, 0.29) is 36.1 Å². The number of hydrogen-bond acceptors (Lipinski definition) is 4. The van der Waals surface area contributed by atoms with Crippen molar-refractivity contribution in [2.45, 2.75) is 50.7 Å². The van der Waals surface area contributed by atoms with Gasteiger partial charge in [-0.15, -0.1) is 0 Å². The van der Waals surface area contributed by atoms with Crippen LogP contribution >= 0.6 is 0 Å². The number of rotatable bonds is 8. The summed E-state index contributed by atoms with van der Waals surface area (Å²) in [5, 5.41) is 14.2. The molecular weight excluding hydrogens is 425 g/mol. The number of aliphatic hydroxyl groups excluding tert-OH is 1. The van der Waals surface area contributed by atoms with E-state index < -0.39 is 23.7 Å². The minimum Gasteiger partial charge on any atom is -0.451 e. The second kappa shape index (κ2) is 10.7. The van der Waals surface area contributed by atoms with Crippen molar-refractivity contribution in [3.05, 3.63) is 47.7 Å². The van der Waals surface area contributed by atoms with E-state index in [1.807, 2.05) is 0 Å². The molecule has 2 aromatic rings. The van der Waals surface area contributed by atoms with Gasteiger partial charge in [0.15, 0.2) is 5.76 Å². The molecular formula is C23H27F3N2O4. The number of halogens is 3. The van der Waals surface area contributed by atoms with Crippen molar-refractivity contribution in [2.24, 2.45) is 5.92 Å². The molecule has 1 aliphatic rings. The van der Waals surface area contributed by atoms with E-state index in [1.54, 1.807) is 0 Å². The van der Waals surface area contributed by atoms with Gasteiger partial charge in [-0.1, -0.05) is 44.2 Å². The Morgan fingerprint density at radius 1 is 1.12 bits per heavy atom. The zero-order valence-corrected chi connectivity index (χ0v) is 17.6. The Kier molecular flexibility index (Phi) is 7.95. The second-order valence-electron chi connectivity index (χ2n) is 8.02. The molecule has 1 atom stereocenters. The standard InChI is InChI=1S/C23H27F3N2O4/c24-23(25,26)17-8-4-7-16(14-17)19-9-10-20(32-19)22(31)28-18(21(30)27-11-12-29)13-15-5-2-1-3-6-15/h4,7-10,14-15,18,29H,1-3,5-6,11-13H2,(H,27,30)(H,28,31). The van der Waals surface area contributed by atoms with Crippen molar-refractivity contribution < 1.29 is 32.3 Å². The van der Waals surface area contributed by atoms with Crippen LogP contribution in [0.25, 0.3) is 11.3 Å². The molecule has 0 bridgehead atoms. The van der Waals surface area contributed by atoms with E-state index in [2.05, 4.69) is 10.6 Å². The quantitative estimate of drug-likeness (QED) is 0.561. The molecule has 174 valence electrons. The first-order valence-electron chi connectivity index (χ1n) is 10.7. The van der Waals surface area contributed by atoms with Crippen LogP contribution in [0.5, 0.6) is 0 Å². The lowest BCUT2D eigenvalue weighted by molar-refractivity contribution is -0.137. The third kappa shape index (κ3) is 6.35. The highest BCUT2D eigenvalue weighted by molar-refractivity contribution is 5.96. The van der Waals surface area contributed by atoms with Crippen LogP contribution in [0.4, 0.5) is 13.2 Å². The average molecular weight is 452 g/mol. The molecule has 1 unspecified atom stereocenters. The normalized spacial score (nSPS) is 15.9. The summed E-state index contributed by atoms with van der Waals surface area (Å²) < 4.78 is 44.4. The molecule has 1 saturated carbocycles. The summed E-state index contributed by atoms with van der Waals surface area (Å²) in [6, 6.07) is 6.64. The fraction of sp³-hybridized carbons (Fsp3) is 0.478. The molecule has 1 fully saturated rings. The van der Waals surface area contributed by atoms with Crippen LogP contribution < -0.4 is 10.6 Å². The second-order valence-corrected chi connectivity index (χ2v) is 8.02. The number of amides is 2. The van der Waals surface area contributed by atoms with Crippen molar-refractivity contribution in [3.8, 4) is 11.3 Å². The van der Waals surface area contributed by atoms with Crippen LogP contribution in [-0.4, -0.2) is 36.1 Å². The van der Waals surface area contributed by atoms with Crippen LogP contribution in [0, 0.1) is 5.92 Å². The summed E-state index contributed by atoms with van der Waals surface area (Å²) in [7, 11) is 0. The summed E-state index contributed by atoms with van der Waals surface area (Å²) in [6.07, 6.45) is 1.29. The van der Waals surface area contributed by atoms with Gasteiger partial charge in [0, 0.05) is 12.1 Å². The molecule has 1 aromatic heterocycles. The summed E-state index contributed by atoms with van der Waals surface area (Å²) in [5.41, 5.74) is -0.621. The minimum absolute atomic E-state index is 0.0797. The Morgan fingerprint density at radius 2 is 1.88 bits per heavy atom. The van der Waals surface area contributed by atoms with Crippen LogP contribution in [-0.2, 0) is 11.0 Å². The van der Waals surface area contributed by atoms with Crippen LogP contribution in [0.15, 0.2) is 40.8 Å². The van der Waals surface area contributed by atoms with Crippen LogP contribution in [0.1, 0.15) is 54.6 Å². The Hall–Kier alpha value is -2.81. The van der Waals surface area contributed by atoms with Crippen molar-refractivity contribution >= 4 is 11.8 Å². The molecule has 0 spiro atoms. The topological polar surface area (TPSA) is 91.6 Å². The number of nitrogens with one attached hydrogen (secondary N) is 2. The van der Waals surface area contributed by atoms with E-state index in [0.717, 1.165) is 44.2 Å². The molecule has 3 rings (SSSR count). The first kappa shape index (κ1) is 23.8. The predicted octanol–water partition coefficient (Wildman–Crippen LogP) is 4.14. The molecule has 6 nitrogen and oxygen atoms in total. The largest absolute Gasteiger partial charge is 0.451 e. The van der Waals surface area contributed by atoms with Gasteiger partial charge in [0.05, 0.1) is 12.2 Å². The molecule has 3 N–H and O–H groups in total. The maximum atomic E-state index is 13.0.